The van der Waals surface area contributed by atoms with E-state index in [0.29, 0.717) is 36.8 Å². The quantitative estimate of drug-likeness (QED) is 0.192. The van der Waals surface area contributed by atoms with Crippen LogP contribution < -0.4 is 15.4 Å². The number of aromatic nitrogens is 3. The third-order valence-corrected chi connectivity index (χ3v) is 11.3. The predicted octanol–water partition coefficient (Wildman–Crippen LogP) is 5.94. The Balaban J connectivity index is 0.885. The summed E-state index contributed by atoms with van der Waals surface area (Å²) in [4.78, 5) is 35.8. The Bertz CT molecular complexity index is 1820. The molecule has 10 heteroatoms. The zero-order valence-electron chi connectivity index (χ0n) is 29.0. The van der Waals surface area contributed by atoms with Crippen LogP contribution in [0.4, 0.5) is 11.4 Å². The molecule has 4 aromatic rings. The minimum absolute atomic E-state index is 0.0368. The van der Waals surface area contributed by atoms with Gasteiger partial charge in [-0.05, 0) is 116 Å². The van der Waals surface area contributed by atoms with Gasteiger partial charge < -0.3 is 15.4 Å². The number of anilines is 2. The smallest absolute Gasteiger partial charge is 0.241 e. The summed E-state index contributed by atoms with van der Waals surface area (Å²) in [7, 11) is 3.59. The second-order valence-corrected chi connectivity index (χ2v) is 14.7. The van der Waals surface area contributed by atoms with Crippen LogP contribution in [0.2, 0.25) is 0 Å². The van der Waals surface area contributed by atoms with Gasteiger partial charge in [0, 0.05) is 56.0 Å². The molecule has 2 aromatic heterocycles. The van der Waals surface area contributed by atoms with E-state index in [-0.39, 0.29) is 23.9 Å². The van der Waals surface area contributed by atoms with Crippen molar-refractivity contribution in [3.05, 3.63) is 102 Å². The first-order valence-electron chi connectivity index (χ1n) is 18.2. The first-order chi connectivity index (χ1) is 24.4. The molecule has 0 radical (unpaired) electrons. The Labute approximate surface area is 294 Å². The van der Waals surface area contributed by atoms with Crippen LogP contribution in [0, 0.1) is 11.8 Å². The molecule has 4 heterocycles. The van der Waals surface area contributed by atoms with Gasteiger partial charge in [0.05, 0.1) is 31.1 Å². The normalized spacial score (nSPS) is 25.0. The van der Waals surface area contributed by atoms with E-state index >= 15 is 0 Å². The van der Waals surface area contributed by atoms with Crippen LogP contribution in [-0.4, -0.2) is 68.7 Å². The van der Waals surface area contributed by atoms with E-state index in [1.165, 1.54) is 24.0 Å². The average Bonchev–Trinajstić information content (AvgIpc) is 4.00. The molecule has 260 valence electrons. The van der Waals surface area contributed by atoms with Gasteiger partial charge in [-0.2, -0.15) is 5.10 Å². The topological polar surface area (TPSA) is 105 Å². The van der Waals surface area contributed by atoms with Crippen LogP contribution in [0.15, 0.2) is 79.3 Å². The SMILES string of the molecule is COc1cnccc1CN1CCC[C@@H]1C(=O)Nc1ccc(C2CC2C2C[C@H](C(=O)Nc3ccc(C4CC4)cc3)N(Cc3ccn(C)n3)C2)cc1. The molecule has 3 unspecified atom stereocenters. The first kappa shape index (κ1) is 32.7. The number of carbonyl (C=O) groups is 2. The zero-order valence-corrected chi connectivity index (χ0v) is 29.0. The molecule has 2 aliphatic heterocycles. The van der Waals surface area contributed by atoms with Crippen molar-refractivity contribution in [1.82, 2.24) is 24.6 Å². The number of hydrogen-bond donors (Lipinski definition) is 2. The third-order valence-electron chi connectivity index (χ3n) is 11.3. The number of carbonyl (C=O) groups excluding carboxylic acids is 2. The summed E-state index contributed by atoms with van der Waals surface area (Å²) >= 11 is 0. The van der Waals surface area contributed by atoms with Crippen LogP contribution in [0.5, 0.6) is 5.75 Å². The second-order valence-electron chi connectivity index (χ2n) is 14.7. The lowest BCUT2D eigenvalue weighted by Crippen LogP contribution is -2.39. The predicted molar refractivity (Wildman–Crippen MR) is 193 cm³/mol. The number of methoxy groups -OCH3 is 1. The Kier molecular flexibility index (Phi) is 9.14. The fourth-order valence-electron chi connectivity index (χ4n) is 8.35. The molecule has 2 saturated heterocycles. The summed E-state index contributed by atoms with van der Waals surface area (Å²) in [5, 5.41) is 11.0. The molecule has 8 rings (SSSR count). The molecule has 2 saturated carbocycles. The lowest BCUT2D eigenvalue weighted by Gasteiger charge is -2.24. The van der Waals surface area contributed by atoms with Crippen molar-refractivity contribution in [1.29, 1.82) is 0 Å². The van der Waals surface area contributed by atoms with E-state index < -0.39 is 0 Å². The van der Waals surface area contributed by atoms with Crippen LogP contribution in [-0.2, 0) is 29.7 Å². The molecule has 2 aliphatic carbocycles. The molecule has 10 nitrogen and oxygen atoms in total. The molecule has 2 amide bonds. The summed E-state index contributed by atoms with van der Waals surface area (Å²) in [5.41, 5.74) is 6.40. The van der Waals surface area contributed by atoms with Gasteiger partial charge in [0.25, 0.3) is 0 Å². The highest BCUT2D eigenvalue weighted by atomic mass is 16.5. The Morgan fingerprint density at radius 1 is 0.840 bits per heavy atom. The van der Waals surface area contributed by atoms with Crippen molar-refractivity contribution in [2.75, 3.05) is 30.8 Å². The van der Waals surface area contributed by atoms with Crippen molar-refractivity contribution in [2.45, 2.75) is 75.5 Å². The number of benzene rings is 2. The fraction of sp³-hybridized carbons (Fsp3) is 0.450. The summed E-state index contributed by atoms with van der Waals surface area (Å²) in [6.45, 7) is 3.08. The van der Waals surface area contributed by atoms with Crippen LogP contribution in [0.25, 0.3) is 0 Å². The fourth-order valence-corrected chi connectivity index (χ4v) is 8.35. The van der Waals surface area contributed by atoms with Gasteiger partial charge in [-0.1, -0.05) is 24.3 Å². The second kappa shape index (κ2) is 14.0. The van der Waals surface area contributed by atoms with Gasteiger partial charge in [-0.15, -0.1) is 0 Å². The molecular formula is C40H47N7O3. The third kappa shape index (κ3) is 7.18. The van der Waals surface area contributed by atoms with Gasteiger partial charge in [0.15, 0.2) is 0 Å². The maximum absolute atomic E-state index is 13.7. The zero-order chi connectivity index (χ0) is 34.2. The molecule has 0 spiro atoms. The molecule has 4 aliphatic rings. The number of rotatable bonds is 12. The lowest BCUT2D eigenvalue weighted by atomic mass is 9.96. The largest absolute Gasteiger partial charge is 0.495 e. The molecule has 5 atom stereocenters. The van der Waals surface area contributed by atoms with Gasteiger partial charge in [0.1, 0.15) is 5.75 Å². The highest BCUT2D eigenvalue weighted by molar-refractivity contribution is 5.95. The van der Waals surface area contributed by atoms with Crippen molar-refractivity contribution in [2.24, 2.45) is 18.9 Å². The molecular weight excluding hydrogens is 626 g/mol. The Morgan fingerprint density at radius 3 is 2.24 bits per heavy atom. The van der Waals surface area contributed by atoms with E-state index in [2.05, 4.69) is 54.8 Å². The summed E-state index contributed by atoms with van der Waals surface area (Å²) in [6, 6.07) is 20.5. The number of pyridine rings is 1. The Morgan fingerprint density at radius 2 is 1.56 bits per heavy atom. The van der Waals surface area contributed by atoms with Gasteiger partial charge >= 0.3 is 0 Å². The number of aryl methyl sites for hydroxylation is 1. The van der Waals surface area contributed by atoms with Crippen LogP contribution in [0.1, 0.15) is 72.7 Å². The Hall–Kier alpha value is -4.54. The summed E-state index contributed by atoms with van der Waals surface area (Å²) in [5.74, 6) is 2.99. The van der Waals surface area contributed by atoms with E-state index in [9.17, 15) is 9.59 Å². The average molecular weight is 674 g/mol. The van der Waals surface area contributed by atoms with Gasteiger partial charge in [-0.3, -0.25) is 29.1 Å². The number of nitrogens with zero attached hydrogens (tertiary/aromatic N) is 5. The summed E-state index contributed by atoms with van der Waals surface area (Å²) < 4.78 is 7.31. The number of likely N-dealkylation sites (tertiary alicyclic amines) is 2. The molecule has 2 aromatic carbocycles. The van der Waals surface area contributed by atoms with Crippen molar-refractivity contribution in [3.8, 4) is 5.75 Å². The molecule has 4 fully saturated rings. The molecule has 0 bridgehead atoms. The standard InChI is InChI=1S/C40H47N7O3/c1-45-19-16-33(44-45)25-47-24-30(20-37(47)40(49)43-31-11-7-27(8-12-31)26-5-6-26)35-21-34(35)28-9-13-32(14-10-28)42-39(48)36-4-3-18-46(36)23-29-15-17-41-22-38(29)50-2/h7-17,19,22,26,30,34-37H,3-6,18,20-21,23-25H2,1-2H3,(H,42,48)(H,43,49)/t30?,34?,35?,36-,37-/m1/s1. The van der Waals surface area contributed by atoms with Crippen LogP contribution in [0.3, 0.4) is 0 Å². The molecule has 50 heavy (non-hydrogen) atoms. The highest BCUT2D eigenvalue weighted by Gasteiger charge is 2.49. The van der Waals surface area contributed by atoms with Gasteiger partial charge in [0.2, 0.25) is 11.8 Å². The highest BCUT2D eigenvalue weighted by Crippen LogP contribution is 2.55. The number of ether oxygens (including phenoxy) is 1. The van der Waals surface area contributed by atoms with Crippen molar-refractivity contribution >= 4 is 23.2 Å². The van der Waals surface area contributed by atoms with E-state index in [1.807, 2.05) is 54.3 Å². The number of amides is 2. The minimum Gasteiger partial charge on any atom is -0.495 e. The van der Waals surface area contributed by atoms with E-state index in [1.54, 1.807) is 19.5 Å². The number of nitrogens with one attached hydrogen (secondary N) is 2. The molecule has 2 N–H and O–H groups in total. The van der Waals surface area contributed by atoms with Crippen LogP contribution >= 0.6 is 0 Å². The van der Waals surface area contributed by atoms with Gasteiger partial charge in [-0.25, -0.2) is 0 Å². The lowest BCUT2D eigenvalue weighted by molar-refractivity contribution is -0.121. The minimum atomic E-state index is -0.196. The van der Waals surface area contributed by atoms with E-state index in [4.69, 9.17) is 4.74 Å². The van der Waals surface area contributed by atoms with E-state index in [0.717, 1.165) is 67.2 Å². The first-order valence-corrected chi connectivity index (χ1v) is 18.2. The maximum Gasteiger partial charge on any atom is 0.241 e. The van der Waals surface area contributed by atoms with Crippen molar-refractivity contribution < 1.29 is 14.3 Å². The summed E-state index contributed by atoms with van der Waals surface area (Å²) in [6.07, 6.45) is 11.8. The maximum atomic E-state index is 13.7. The van der Waals surface area contributed by atoms with Crippen molar-refractivity contribution in [3.63, 3.8) is 0 Å². The number of hydrogen-bond acceptors (Lipinski definition) is 7. The monoisotopic (exact) mass is 673 g/mol.